The molecule has 0 aliphatic carbocycles. The van der Waals surface area contributed by atoms with Crippen molar-refractivity contribution in [1.82, 2.24) is 19.7 Å². The molecule has 4 rings (SSSR count). The molecule has 12 heteroatoms. The van der Waals surface area contributed by atoms with Gasteiger partial charge in [0.2, 0.25) is 5.88 Å². The standard InChI is InChI=1S/C21H18N6O5S/c1-14-11-15(2)26(24-14)20-12-21(23-13-22-20)32-18-7-3-16(4-8-18)25-33(30,31)19-9-5-17(6-10-19)27(28)29/h3-13,25H,1-2H3. The maximum Gasteiger partial charge on any atom is 0.269 e. The molecule has 0 radical (unpaired) electrons. The first-order valence-electron chi connectivity index (χ1n) is 9.62. The molecule has 0 fully saturated rings. The van der Waals surface area contributed by atoms with Crippen LogP contribution in [0.3, 0.4) is 0 Å². The van der Waals surface area contributed by atoms with Gasteiger partial charge in [-0.1, -0.05) is 0 Å². The molecule has 0 atom stereocenters. The average molecular weight is 466 g/mol. The summed E-state index contributed by atoms with van der Waals surface area (Å²) in [4.78, 5) is 18.4. The maximum atomic E-state index is 12.5. The summed E-state index contributed by atoms with van der Waals surface area (Å²) in [5.74, 6) is 1.29. The highest BCUT2D eigenvalue weighted by Crippen LogP contribution is 2.24. The lowest BCUT2D eigenvalue weighted by atomic mass is 10.3. The van der Waals surface area contributed by atoms with Crippen molar-refractivity contribution in [2.45, 2.75) is 18.7 Å². The van der Waals surface area contributed by atoms with Crippen LogP contribution >= 0.6 is 0 Å². The van der Waals surface area contributed by atoms with E-state index in [1.807, 2.05) is 19.9 Å². The number of nitrogens with one attached hydrogen (secondary N) is 1. The third-order valence-corrected chi connectivity index (χ3v) is 5.94. The SMILES string of the molecule is Cc1cc(C)n(-c2cc(Oc3ccc(NS(=O)(=O)c4ccc([N+](=O)[O-])cc4)cc3)ncn2)n1. The minimum atomic E-state index is -3.91. The van der Waals surface area contributed by atoms with Gasteiger partial charge in [0, 0.05) is 29.6 Å². The van der Waals surface area contributed by atoms with Crippen molar-refractivity contribution in [3.63, 3.8) is 0 Å². The Morgan fingerprint density at radius 2 is 1.70 bits per heavy atom. The fraction of sp³-hybridized carbons (Fsp3) is 0.0952. The molecular formula is C21H18N6O5S. The molecule has 0 saturated heterocycles. The molecule has 2 heterocycles. The van der Waals surface area contributed by atoms with Gasteiger partial charge in [-0.05, 0) is 56.3 Å². The molecule has 0 unspecified atom stereocenters. The van der Waals surface area contributed by atoms with Gasteiger partial charge in [-0.3, -0.25) is 14.8 Å². The number of non-ortho nitro benzene ring substituents is 1. The second kappa shape index (κ2) is 8.67. The summed E-state index contributed by atoms with van der Waals surface area (Å²) in [5, 5.41) is 15.1. The minimum absolute atomic E-state index is 0.0916. The van der Waals surface area contributed by atoms with Gasteiger partial charge in [-0.25, -0.2) is 23.1 Å². The third-order valence-electron chi connectivity index (χ3n) is 4.54. The van der Waals surface area contributed by atoms with Gasteiger partial charge >= 0.3 is 0 Å². The molecule has 0 amide bonds. The molecule has 1 N–H and O–H groups in total. The molecule has 0 saturated carbocycles. The fourth-order valence-corrected chi connectivity index (χ4v) is 4.09. The number of sulfonamides is 1. The summed E-state index contributed by atoms with van der Waals surface area (Å²) in [6, 6.07) is 14.4. The van der Waals surface area contributed by atoms with E-state index in [0.717, 1.165) is 23.5 Å². The fourth-order valence-electron chi connectivity index (χ4n) is 3.04. The van der Waals surface area contributed by atoms with Crippen LogP contribution in [0.15, 0.2) is 71.9 Å². The summed E-state index contributed by atoms with van der Waals surface area (Å²) < 4.78 is 34.9. The largest absolute Gasteiger partial charge is 0.439 e. The number of benzene rings is 2. The topological polar surface area (TPSA) is 142 Å². The van der Waals surface area contributed by atoms with Crippen molar-refractivity contribution in [3.8, 4) is 17.4 Å². The van der Waals surface area contributed by atoms with Crippen LogP contribution < -0.4 is 9.46 Å². The Morgan fingerprint density at radius 3 is 2.30 bits per heavy atom. The summed E-state index contributed by atoms with van der Waals surface area (Å²) in [6.07, 6.45) is 1.37. The van der Waals surface area contributed by atoms with E-state index in [9.17, 15) is 18.5 Å². The predicted molar refractivity (Wildman–Crippen MR) is 119 cm³/mol. The Labute approximate surface area is 188 Å². The van der Waals surface area contributed by atoms with Crippen LogP contribution in [0.5, 0.6) is 11.6 Å². The van der Waals surface area contributed by atoms with Gasteiger partial charge in [-0.15, -0.1) is 0 Å². The molecule has 168 valence electrons. The van der Waals surface area contributed by atoms with E-state index in [2.05, 4.69) is 19.8 Å². The van der Waals surface area contributed by atoms with Gasteiger partial charge in [0.15, 0.2) is 5.82 Å². The number of rotatable bonds is 7. The van der Waals surface area contributed by atoms with Crippen molar-refractivity contribution in [3.05, 3.63) is 88.5 Å². The molecule has 0 bridgehead atoms. The van der Waals surface area contributed by atoms with Crippen LogP contribution in [-0.4, -0.2) is 33.1 Å². The van der Waals surface area contributed by atoms with Crippen LogP contribution in [0.2, 0.25) is 0 Å². The van der Waals surface area contributed by atoms with E-state index in [1.54, 1.807) is 22.9 Å². The van der Waals surface area contributed by atoms with Crippen molar-refractivity contribution in [1.29, 1.82) is 0 Å². The average Bonchev–Trinajstić information content (AvgIpc) is 3.13. The quantitative estimate of drug-likeness (QED) is 0.320. The Bertz CT molecular complexity index is 1420. The molecule has 33 heavy (non-hydrogen) atoms. The number of ether oxygens (including phenoxy) is 1. The lowest BCUT2D eigenvalue weighted by Crippen LogP contribution is -2.12. The van der Waals surface area contributed by atoms with E-state index in [4.69, 9.17) is 4.74 Å². The van der Waals surface area contributed by atoms with Gasteiger partial charge < -0.3 is 4.74 Å². The highest BCUT2D eigenvalue weighted by atomic mass is 32.2. The summed E-state index contributed by atoms with van der Waals surface area (Å²) >= 11 is 0. The van der Waals surface area contributed by atoms with E-state index in [1.165, 1.54) is 30.6 Å². The second-order valence-corrected chi connectivity index (χ2v) is 8.72. The Balaban J connectivity index is 1.47. The van der Waals surface area contributed by atoms with Gasteiger partial charge in [-0.2, -0.15) is 5.10 Å². The van der Waals surface area contributed by atoms with E-state index in [0.29, 0.717) is 23.1 Å². The number of hydrogen-bond acceptors (Lipinski definition) is 8. The third kappa shape index (κ3) is 4.96. The predicted octanol–water partition coefficient (Wildman–Crippen LogP) is 3.78. The van der Waals surface area contributed by atoms with E-state index < -0.39 is 14.9 Å². The first-order valence-corrected chi connectivity index (χ1v) is 11.1. The molecule has 0 spiro atoms. The summed E-state index contributed by atoms with van der Waals surface area (Å²) in [6.45, 7) is 3.80. The molecule has 11 nitrogen and oxygen atoms in total. The Kier molecular flexibility index (Phi) is 5.75. The zero-order valence-electron chi connectivity index (χ0n) is 17.5. The van der Waals surface area contributed by atoms with Crippen molar-refractivity contribution >= 4 is 21.4 Å². The maximum absolute atomic E-state index is 12.5. The van der Waals surface area contributed by atoms with Crippen molar-refractivity contribution in [2.24, 2.45) is 0 Å². The highest BCUT2D eigenvalue weighted by molar-refractivity contribution is 7.92. The van der Waals surface area contributed by atoms with Crippen LogP contribution in [0.25, 0.3) is 5.82 Å². The number of nitro groups is 1. The number of anilines is 1. The first-order chi connectivity index (χ1) is 15.7. The number of nitrogens with zero attached hydrogens (tertiary/aromatic N) is 5. The van der Waals surface area contributed by atoms with Crippen molar-refractivity contribution in [2.75, 3.05) is 4.72 Å². The van der Waals surface area contributed by atoms with E-state index in [-0.39, 0.29) is 10.6 Å². The van der Waals surface area contributed by atoms with Crippen molar-refractivity contribution < 1.29 is 18.1 Å². The smallest absolute Gasteiger partial charge is 0.269 e. The van der Waals surface area contributed by atoms with Gasteiger partial charge in [0.25, 0.3) is 15.7 Å². The highest BCUT2D eigenvalue weighted by Gasteiger charge is 2.16. The normalized spacial score (nSPS) is 11.2. The minimum Gasteiger partial charge on any atom is -0.439 e. The van der Waals surface area contributed by atoms with Crippen LogP contribution in [0.1, 0.15) is 11.4 Å². The second-order valence-electron chi connectivity index (χ2n) is 7.04. The molecule has 0 aliphatic rings. The zero-order valence-corrected chi connectivity index (χ0v) is 18.4. The molecule has 4 aromatic rings. The van der Waals surface area contributed by atoms with E-state index >= 15 is 0 Å². The number of aryl methyl sites for hydroxylation is 2. The molecule has 0 aliphatic heterocycles. The summed E-state index contributed by atoms with van der Waals surface area (Å²) in [7, 11) is -3.91. The summed E-state index contributed by atoms with van der Waals surface area (Å²) in [5.41, 5.74) is 1.88. The monoisotopic (exact) mass is 466 g/mol. The first kappa shape index (κ1) is 21.9. The molecular weight excluding hydrogens is 448 g/mol. The van der Waals surface area contributed by atoms with Gasteiger partial charge in [0.1, 0.15) is 12.1 Å². The zero-order chi connectivity index (χ0) is 23.6. The lowest BCUT2D eigenvalue weighted by Gasteiger charge is -2.10. The lowest BCUT2D eigenvalue weighted by molar-refractivity contribution is -0.384. The molecule has 2 aromatic carbocycles. The van der Waals surface area contributed by atoms with Crippen LogP contribution in [0.4, 0.5) is 11.4 Å². The van der Waals surface area contributed by atoms with Crippen LogP contribution in [0, 0.1) is 24.0 Å². The van der Waals surface area contributed by atoms with Gasteiger partial charge in [0.05, 0.1) is 15.5 Å². The Hall–Kier alpha value is -4.32. The number of aromatic nitrogens is 4. The molecule has 2 aromatic heterocycles. The Morgan fingerprint density at radius 1 is 1.00 bits per heavy atom. The number of hydrogen-bond donors (Lipinski definition) is 1. The number of nitro benzene ring substituents is 1. The van der Waals surface area contributed by atoms with Crippen LogP contribution in [-0.2, 0) is 10.0 Å².